The number of hydrogen-bond acceptors (Lipinski definition) is 5. The van der Waals surface area contributed by atoms with Gasteiger partial charge in [-0.05, 0) is 6.07 Å². The SMILES string of the molecule is O=[N+]([O-])c1ccccc1C=NNCCO. The summed E-state index contributed by atoms with van der Waals surface area (Å²) in [6, 6.07) is 6.30. The molecular weight excluding hydrogens is 198 g/mol. The van der Waals surface area contributed by atoms with Crippen LogP contribution >= 0.6 is 0 Å². The van der Waals surface area contributed by atoms with E-state index in [9.17, 15) is 10.1 Å². The van der Waals surface area contributed by atoms with Crippen molar-refractivity contribution in [1.82, 2.24) is 5.43 Å². The first-order valence-corrected chi connectivity index (χ1v) is 4.36. The lowest BCUT2D eigenvalue weighted by molar-refractivity contribution is -0.385. The standard InChI is InChI=1S/C9H11N3O3/c13-6-5-10-11-7-8-3-1-2-4-9(8)12(14)15/h1-4,7,10,13H,5-6H2. The second kappa shape index (κ2) is 5.71. The van der Waals surface area contributed by atoms with Gasteiger partial charge in [0.2, 0.25) is 0 Å². The van der Waals surface area contributed by atoms with Gasteiger partial charge >= 0.3 is 0 Å². The highest BCUT2D eigenvalue weighted by atomic mass is 16.6. The van der Waals surface area contributed by atoms with Crippen LogP contribution in [0.3, 0.4) is 0 Å². The zero-order valence-corrected chi connectivity index (χ0v) is 7.96. The van der Waals surface area contributed by atoms with E-state index < -0.39 is 4.92 Å². The molecule has 0 saturated carbocycles. The topological polar surface area (TPSA) is 87.8 Å². The summed E-state index contributed by atoms with van der Waals surface area (Å²) in [7, 11) is 0. The molecule has 2 N–H and O–H groups in total. The van der Waals surface area contributed by atoms with Gasteiger partial charge in [0.25, 0.3) is 5.69 Å². The lowest BCUT2D eigenvalue weighted by Gasteiger charge is -1.97. The fourth-order valence-corrected chi connectivity index (χ4v) is 0.993. The van der Waals surface area contributed by atoms with Crippen LogP contribution in [0.5, 0.6) is 0 Å². The van der Waals surface area contributed by atoms with Crippen LogP contribution in [0.25, 0.3) is 0 Å². The molecule has 1 aromatic rings. The highest BCUT2D eigenvalue weighted by molar-refractivity contribution is 5.84. The molecule has 0 fully saturated rings. The Morgan fingerprint density at radius 2 is 2.27 bits per heavy atom. The largest absolute Gasteiger partial charge is 0.394 e. The van der Waals surface area contributed by atoms with E-state index in [4.69, 9.17) is 5.11 Å². The summed E-state index contributed by atoms with van der Waals surface area (Å²) in [5.74, 6) is 0. The second-order valence-corrected chi connectivity index (χ2v) is 2.71. The molecule has 0 bridgehead atoms. The van der Waals surface area contributed by atoms with Crippen LogP contribution in [-0.4, -0.2) is 29.4 Å². The van der Waals surface area contributed by atoms with Gasteiger partial charge in [0.15, 0.2) is 0 Å². The van der Waals surface area contributed by atoms with Crippen LogP contribution in [0.15, 0.2) is 29.4 Å². The van der Waals surface area contributed by atoms with Crippen molar-refractivity contribution in [3.8, 4) is 0 Å². The summed E-state index contributed by atoms with van der Waals surface area (Å²) < 4.78 is 0. The molecule has 0 saturated heterocycles. The van der Waals surface area contributed by atoms with Crippen molar-refractivity contribution in [2.24, 2.45) is 5.10 Å². The Morgan fingerprint density at radius 3 is 2.93 bits per heavy atom. The lowest BCUT2D eigenvalue weighted by atomic mass is 10.2. The molecule has 1 aromatic carbocycles. The average Bonchev–Trinajstić information content (AvgIpc) is 2.25. The maximum atomic E-state index is 10.6. The second-order valence-electron chi connectivity index (χ2n) is 2.71. The van der Waals surface area contributed by atoms with Crippen LogP contribution in [0.2, 0.25) is 0 Å². The molecule has 0 amide bonds. The summed E-state index contributed by atoms with van der Waals surface area (Å²) in [6.07, 6.45) is 1.35. The number of benzene rings is 1. The number of nitro groups is 1. The lowest BCUT2D eigenvalue weighted by Crippen LogP contribution is -2.11. The molecule has 0 radical (unpaired) electrons. The zero-order chi connectivity index (χ0) is 11.1. The number of aliphatic hydroxyl groups excluding tert-OH is 1. The van der Waals surface area contributed by atoms with Crippen molar-refractivity contribution in [1.29, 1.82) is 0 Å². The molecule has 0 aliphatic carbocycles. The van der Waals surface area contributed by atoms with Gasteiger partial charge in [0.1, 0.15) is 0 Å². The fourth-order valence-electron chi connectivity index (χ4n) is 0.993. The highest BCUT2D eigenvalue weighted by Gasteiger charge is 2.09. The van der Waals surface area contributed by atoms with Gasteiger partial charge in [-0.3, -0.25) is 10.1 Å². The van der Waals surface area contributed by atoms with Gasteiger partial charge in [-0.25, -0.2) is 0 Å². The van der Waals surface area contributed by atoms with E-state index in [-0.39, 0.29) is 12.3 Å². The number of hydrogen-bond donors (Lipinski definition) is 2. The molecule has 6 heteroatoms. The van der Waals surface area contributed by atoms with E-state index in [0.717, 1.165) is 0 Å². The van der Waals surface area contributed by atoms with Crippen molar-refractivity contribution in [2.75, 3.05) is 13.2 Å². The molecule has 0 aliphatic rings. The van der Waals surface area contributed by atoms with Gasteiger partial charge in [-0.1, -0.05) is 12.1 Å². The molecule has 0 heterocycles. The van der Waals surface area contributed by atoms with E-state index in [1.54, 1.807) is 18.2 Å². The third kappa shape index (κ3) is 3.35. The van der Waals surface area contributed by atoms with Gasteiger partial charge in [0, 0.05) is 6.07 Å². The molecule has 0 aromatic heterocycles. The average molecular weight is 209 g/mol. The fraction of sp³-hybridized carbons (Fsp3) is 0.222. The number of nitro benzene ring substituents is 1. The monoisotopic (exact) mass is 209 g/mol. The highest BCUT2D eigenvalue weighted by Crippen LogP contribution is 2.14. The first-order chi connectivity index (χ1) is 7.25. The van der Waals surface area contributed by atoms with E-state index >= 15 is 0 Å². The van der Waals surface area contributed by atoms with Crippen molar-refractivity contribution in [2.45, 2.75) is 0 Å². The first-order valence-electron chi connectivity index (χ1n) is 4.36. The van der Waals surface area contributed by atoms with Crippen molar-refractivity contribution in [3.63, 3.8) is 0 Å². The number of nitrogens with zero attached hydrogens (tertiary/aromatic N) is 2. The molecule has 80 valence electrons. The summed E-state index contributed by atoms with van der Waals surface area (Å²) in [4.78, 5) is 10.1. The molecule has 0 unspecified atom stereocenters. The molecule has 15 heavy (non-hydrogen) atoms. The van der Waals surface area contributed by atoms with E-state index in [1.165, 1.54) is 12.3 Å². The van der Waals surface area contributed by atoms with Gasteiger partial charge in [-0.15, -0.1) is 0 Å². The number of rotatable bonds is 5. The summed E-state index contributed by atoms with van der Waals surface area (Å²) >= 11 is 0. The normalized spacial score (nSPS) is 10.5. The third-order valence-corrected chi connectivity index (χ3v) is 1.65. The smallest absolute Gasteiger partial charge is 0.278 e. The van der Waals surface area contributed by atoms with E-state index in [1.807, 2.05) is 0 Å². The van der Waals surface area contributed by atoms with Gasteiger partial charge in [-0.2, -0.15) is 5.10 Å². The maximum Gasteiger partial charge on any atom is 0.278 e. The quantitative estimate of drug-likeness (QED) is 0.320. The van der Waals surface area contributed by atoms with Crippen molar-refractivity contribution >= 4 is 11.9 Å². The Hall–Kier alpha value is -1.95. The number of nitrogens with one attached hydrogen (secondary N) is 1. The molecule has 0 aliphatic heterocycles. The summed E-state index contributed by atoms with van der Waals surface area (Å²) in [5, 5.41) is 22.8. The van der Waals surface area contributed by atoms with E-state index in [2.05, 4.69) is 10.5 Å². The third-order valence-electron chi connectivity index (χ3n) is 1.65. The van der Waals surface area contributed by atoms with Gasteiger partial charge in [0.05, 0.1) is 29.9 Å². The molecule has 6 nitrogen and oxygen atoms in total. The molecule has 1 rings (SSSR count). The van der Waals surface area contributed by atoms with Crippen molar-refractivity contribution in [3.05, 3.63) is 39.9 Å². The predicted molar refractivity (Wildman–Crippen MR) is 55.8 cm³/mol. The van der Waals surface area contributed by atoms with Gasteiger partial charge < -0.3 is 10.5 Å². The first kappa shape index (κ1) is 11.1. The summed E-state index contributed by atoms with van der Waals surface area (Å²) in [6.45, 7) is 0.283. The molecular formula is C9H11N3O3. The number of aliphatic hydroxyl groups is 1. The zero-order valence-electron chi connectivity index (χ0n) is 7.96. The minimum absolute atomic E-state index is 0.00653. The maximum absolute atomic E-state index is 10.6. The summed E-state index contributed by atoms with van der Waals surface area (Å²) in [5.41, 5.74) is 2.98. The van der Waals surface area contributed by atoms with Crippen LogP contribution in [0.4, 0.5) is 5.69 Å². The Kier molecular flexibility index (Phi) is 4.24. The Morgan fingerprint density at radius 1 is 1.53 bits per heavy atom. The van der Waals surface area contributed by atoms with Crippen LogP contribution in [0, 0.1) is 10.1 Å². The number of hydrazone groups is 1. The minimum Gasteiger partial charge on any atom is -0.394 e. The Labute approximate surface area is 86.4 Å². The predicted octanol–water partition coefficient (Wildman–Crippen LogP) is 0.511. The Balaban J connectivity index is 2.75. The van der Waals surface area contributed by atoms with Crippen molar-refractivity contribution < 1.29 is 10.0 Å². The molecule has 0 spiro atoms. The number of para-hydroxylation sites is 1. The minimum atomic E-state index is -0.465. The van der Waals surface area contributed by atoms with E-state index in [0.29, 0.717) is 12.1 Å². The van der Waals surface area contributed by atoms with Crippen LogP contribution in [0.1, 0.15) is 5.56 Å². The van der Waals surface area contributed by atoms with Crippen LogP contribution < -0.4 is 5.43 Å². The Bertz CT molecular complexity index is 365. The molecule has 0 atom stereocenters. The van der Waals surface area contributed by atoms with Crippen LogP contribution in [-0.2, 0) is 0 Å².